The summed E-state index contributed by atoms with van der Waals surface area (Å²) in [6.07, 6.45) is 0. The van der Waals surface area contributed by atoms with E-state index in [0.717, 1.165) is 33.8 Å². The largest absolute Gasteiger partial charge is 0.456 e. The van der Waals surface area contributed by atoms with Crippen molar-refractivity contribution in [3.63, 3.8) is 0 Å². The number of hydrogen-bond acceptors (Lipinski definition) is 6. The van der Waals surface area contributed by atoms with Crippen LogP contribution in [-0.2, 0) is 10.3 Å². The monoisotopic (exact) mass is 559 g/mol. The van der Waals surface area contributed by atoms with Crippen molar-refractivity contribution in [3.05, 3.63) is 136 Å². The van der Waals surface area contributed by atoms with Gasteiger partial charge in [-0.25, -0.2) is 4.79 Å². The average Bonchev–Trinajstić information content (AvgIpc) is 3.28. The number of carbonyl (C=O) groups is 1. The van der Waals surface area contributed by atoms with E-state index < -0.39 is 11.6 Å². The first-order chi connectivity index (χ1) is 20.0. The zero-order valence-corrected chi connectivity index (χ0v) is 23.2. The Morgan fingerprint density at radius 1 is 0.683 bits per heavy atom. The molecule has 5 aromatic carbocycles. The molecule has 2 heterocycles. The number of halogens is 1. The van der Waals surface area contributed by atoms with Crippen molar-refractivity contribution in [2.24, 2.45) is 0 Å². The normalized spacial score (nSPS) is 13.9. The summed E-state index contributed by atoms with van der Waals surface area (Å²) in [7, 11) is 4.01. The van der Waals surface area contributed by atoms with Gasteiger partial charge < -0.3 is 25.0 Å². The van der Waals surface area contributed by atoms with Gasteiger partial charge in [-0.15, -0.1) is 0 Å². The molecule has 0 amide bonds. The van der Waals surface area contributed by atoms with Crippen molar-refractivity contribution in [3.8, 4) is 11.5 Å². The number of para-hydroxylation sites is 3. The average molecular weight is 560 g/mol. The summed E-state index contributed by atoms with van der Waals surface area (Å²) >= 11 is 6.73. The number of hydrogen-bond donors (Lipinski definition) is 2. The minimum absolute atomic E-state index is 0.421. The van der Waals surface area contributed by atoms with Crippen molar-refractivity contribution in [2.75, 3.05) is 29.6 Å². The Hall–Kier alpha value is -4.94. The smallest absolute Gasteiger partial charge is 0.342 e. The Balaban J connectivity index is 1.33. The first kappa shape index (κ1) is 25.1. The molecule has 0 saturated carbocycles. The van der Waals surface area contributed by atoms with Crippen molar-refractivity contribution < 1.29 is 14.3 Å². The maximum absolute atomic E-state index is 13.8. The number of anilines is 5. The van der Waals surface area contributed by atoms with Crippen molar-refractivity contribution in [1.82, 2.24) is 0 Å². The van der Waals surface area contributed by atoms with E-state index in [2.05, 4.69) is 10.6 Å². The summed E-state index contributed by atoms with van der Waals surface area (Å²) in [5.74, 6) is 0.890. The zero-order valence-electron chi connectivity index (χ0n) is 22.4. The third-order valence-electron chi connectivity index (χ3n) is 7.58. The Morgan fingerprint density at radius 3 is 1.98 bits per heavy atom. The second kappa shape index (κ2) is 9.61. The highest BCUT2D eigenvalue weighted by Gasteiger charge is 2.54. The van der Waals surface area contributed by atoms with Crippen LogP contribution in [0, 0.1) is 0 Å². The standard InChI is InChI=1S/C34H26ClN3O3/c1-38(2)22-19-17-21(18-20-22)36-28-14-8-12-26(35)32(28)37-27-13-7-11-25-31(27)33(39)41-34(25)23-9-3-5-15-29(23)40-30-16-6-4-10-24(30)34/h3-20,36-37H,1-2H3. The van der Waals surface area contributed by atoms with Gasteiger partial charge in [0.1, 0.15) is 11.5 Å². The van der Waals surface area contributed by atoms with E-state index in [1.54, 1.807) is 0 Å². The number of nitrogens with zero attached hydrogens (tertiary/aromatic N) is 1. The van der Waals surface area contributed by atoms with Gasteiger partial charge in [0.2, 0.25) is 0 Å². The van der Waals surface area contributed by atoms with Gasteiger partial charge in [0.25, 0.3) is 0 Å². The van der Waals surface area contributed by atoms with Crippen molar-refractivity contribution >= 4 is 46.0 Å². The van der Waals surface area contributed by atoms with Crippen LogP contribution in [0.1, 0.15) is 27.0 Å². The topological polar surface area (TPSA) is 62.8 Å². The number of rotatable bonds is 5. The van der Waals surface area contributed by atoms with E-state index >= 15 is 0 Å². The first-order valence-corrected chi connectivity index (χ1v) is 13.7. The molecule has 2 aliphatic rings. The lowest BCUT2D eigenvalue weighted by Gasteiger charge is -2.36. The van der Waals surface area contributed by atoms with Gasteiger partial charge in [0.15, 0.2) is 5.60 Å². The molecular weight excluding hydrogens is 534 g/mol. The molecule has 0 fully saturated rings. The van der Waals surface area contributed by atoms with Crippen LogP contribution in [0.4, 0.5) is 28.4 Å². The van der Waals surface area contributed by atoms with Crippen LogP contribution < -0.4 is 20.3 Å². The third kappa shape index (κ3) is 3.99. The van der Waals surface area contributed by atoms with Crippen LogP contribution in [0.25, 0.3) is 0 Å². The van der Waals surface area contributed by atoms with E-state index in [-0.39, 0.29) is 0 Å². The molecule has 0 aliphatic carbocycles. The fourth-order valence-electron chi connectivity index (χ4n) is 5.66. The molecule has 2 aliphatic heterocycles. The lowest BCUT2D eigenvalue weighted by Crippen LogP contribution is -2.32. The molecule has 41 heavy (non-hydrogen) atoms. The van der Waals surface area contributed by atoms with E-state index in [4.69, 9.17) is 21.1 Å². The number of fused-ring (bicyclic) bond motifs is 6. The predicted octanol–water partition coefficient (Wildman–Crippen LogP) is 8.46. The van der Waals surface area contributed by atoms with Gasteiger partial charge in [-0.05, 0) is 54.6 Å². The highest BCUT2D eigenvalue weighted by Crippen LogP contribution is 2.57. The highest BCUT2D eigenvalue weighted by atomic mass is 35.5. The Morgan fingerprint density at radius 2 is 1.29 bits per heavy atom. The predicted molar refractivity (Wildman–Crippen MR) is 163 cm³/mol. The quantitative estimate of drug-likeness (QED) is 0.211. The highest BCUT2D eigenvalue weighted by molar-refractivity contribution is 6.34. The van der Waals surface area contributed by atoms with Gasteiger partial charge in [0, 0.05) is 42.2 Å². The second-order valence-electron chi connectivity index (χ2n) is 10.2. The van der Waals surface area contributed by atoms with E-state index in [1.165, 1.54) is 0 Å². The molecular formula is C34H26ClN3O3. The molecule has 7 heteroatoms. The summed E-state index contributed by atoms with van der Waals surface area (Å²) in [4.78, 5) is 15.8. The number of esters is 1. The Labute approximate surface area is 243 Å². The Bertz CT molecular complexity index is 1770. The van der Waals surface area contributed by atoms with Gasteiger partial charge in [-0.1, -0.05) is 66.2 Å². The molecule has 0 bridgehead atoms. The van der Waals surface area contributed by atoms with Crippen LogP contribution >= 0.6 is 11.6 Å². The molecule has 0 saturated heterocycles. The van der Waals surface area contributed by atoms with Crippen LogP contribution in [-0.4, -0.2) is 20.1 Å². The van der Waals surface area contributed by atoms with Crippen molar-refractivity contribution in [1.29, 1.82) is 0 Å². The second-order valence-corrected chi connectivity index (χ2v) is 10.7. The SMILES string of the molecule is CN(C)c1ccc(Nc2cccc(Cl)c2Nc2cccc3c2C(=O)OC32c3ccccc3Oc3ccccc32)cc1. The number of nitrogens with one attached hydrogen (secondary N) is 2. The number of benzene rings is 5. The molecule has 0 atom stereocenters. The molecule has 2 N–H and O–H groups in total. The van der Waals surface area contributed by atoms with E-state index in [1.807, 2.05) is 128 Å². The molecule has 7 rings (SSSR count). The van der Waals surface area contributed by atoms with E-state index in [0.29, 0.717) is 33.5 Å². The zero-order chi connectivity index (χ0) is 28.1. The lowest BCUT2D eigenvalue weighted by atomic mass is 9.77. The molecule has 6 nitrogen and oxygen atoms in total. The summed E-state index contributed by atoms with van der Waals surface area (Å²) in [5, 5.41) is 7.43. The molecule has 0 radical (unpaired) electrons. The summed E-state index contributed by atoms with van der Waals surface area (Å²) in [6.45, 7) is 0. The van der Waals surface area contributed by atoms with Gasteiger partial charge in [-0.2, -0.15) is 0 Å². The molecule has 1 spiro atoms. The lowest BCUT2D eigenvalue weighted by molar-refractivity contribution is 0.0225. The van der Waals surface area contributed by atoms with Crippen LogP contribution in [0.3, 0.4) is 0 Å². The molecule has 202 valence electrons. The number of carbonyl (C=O) groups excluding carboxylic acids is 1. The summed E-state index contributed by atoms with van der Waals surface area (Å²) in [5.41, 5.74) is 5.67. The fourth-order valence-corrected chi connectivity index (χ4v) is 5.88. The third-order valence-corrected chi connectivity index (χ3v) is 7.90. The molecule has 0 aromatic heterocycles. The van der Waals surface area contributed by atoms with Gasteiger partial charge in [0.05, 0.1) is 27.6 Å². The fraction of sp³-hybridized carbons (Fsp3) is 0.0882. The van der Waals surface area contributed by atoms with Crippen molar-refractivity contribution in [2.45, 2.75) is 5.60 Å². The summed E-state index contributed by atoms with van der Waals surface area (Å²) < 4.78 is 12.6. The van der Waals surface area contributed by atoms with Crippen LogP contribution in [0.5, 0.6) is 11.5 Å². The van der Waals surface area contributed by atoms with Gasteiger partial charge >= 0.3 is 5.97 Å². The molecule has 5 aromatic rings. The molecule has 0 unspecified atom stereocenters. The minimum atomic E-state index is -1.13. The van der Waals surface area contributed by atoms with Gasteiger partial charge in [-0.3, -0.25) is 0 Å². The van der Waals surface area contributed by atoms with Crippen LogP contribution in [0.15, 0.2) is 109 Å². The summed E-state index contributed by atoms with van der Waals surface area (Å²) in [6, 6.07) is 34.9. The Kier molecular flexibility index (Phi) is 5.87. The minimum Gasteiger partial charge on any atom is -0.456 e. The maximum atomic E-state index is 13.8. The first-order valence-electron chi connectivity index (χ1n) is 13.3. The van der Waals surface area contributed by atoms with E-state index in [9.17, 15) is 4.79 Å². The maximum Gasteiger partial charge on any atom is 0.342 e. The van der Waals surface area contributed by atoms with Crippen LogP contribution in [0.2, 0.25) is 5.02 Å². The number of ether oxygens (including phenoxy) is 2.